The summed E-state index contributed by atoms with van der Waals surface area (Å²) in [7, 11) is 0. The van der Waals surface area contributed by atoms with Gasteiger partial charge in [0.15, 0.2) is 0 Å². The highest BCUT2D eigenvalue weighted by molar-refractivity contribution is 7.10. The zero-order chi connectivity index (χ0) is 16.1. The number of nitrogens with one attached hydrogen (secondary N) is 3. The van der Waals surface area contributed by atoms with Gasteiger partial charge in [0.2, 0.25) is 0 Å². The van der Waals surface area contributed by atoms with Crippen LogP contribution in [0.2, 0.25) is 0 Å². The predicted octanol–water partition coefficient (Wildman–Crippen LogP) is 3.07. The van der Waals surface area contributed by atoms with E-state index in [0.29, 0.717) is 12.2 Å². The molecule has 3 rings (SSSR count). The number of carbonyl (C=O) groups excluding carboxylic acids is 1. The number of anilines is 1. The molecule has 0 aromatic carbocycles. The van der Waals surface area contributed by atoms with E-state index in [4.69, 9.17) is 0 Å². The van der Waals surface area contributed by atoms with E-state index < -0.39 is 0 Å². The molecule has 23 heavy (non-hydrogen) atoms. The standard InChI is InChI=1S/C16H23N5OS/c1-12-4-6-21(7-5-12)14(15-3-2-8-23-15)11-17-16(22)20-13-9-18-19-10-13/h2-3,8-10,12,14H,4-7,11H2,1H3,(H,18,19)(H2,17,20,22)/t14-/m1/s1. The number of hydrogen-bond acceptors (Lipinski definition) is 4. The smallest absolute Gasteiger partial charge is 0.319 e. The first-order valence-corrected chi connectivity index (χ1v) is 8.91. The monoisotopic (exact) mass is 333 g/mol. The van der Waals surface area contributed by atoms with Gasteiger partial charge in [0, 0.05) is 17.6 Å². The van der Waals surface area contributed by atoms with Crippen molar-refractivity contribution in [3.8, 4) is 0 Å². The van der Waals surface area contributed by atoms with Crippen LogP contribution in [0.1, 0.15) is 30.7 Å². The first kappa shape index (κ1) is 16.0. The minimum Gasteiger partial charge on any atom is -0.336 e. The molecule has 2 amide bonds. The van der Waals surface area contributed by atoms with Gasteiger partial charge in [-0.15, -0.1) is 11.3 Å². The average Bonchev–Trinajstić information content (AvgIpc) is 3.23. The fourth-order valence-electron chi connectivity index (χ4n) is 2.91. The molecule has 0 aliphatic carbocycles. The lowest BCUT2D eigenvalue weighted by atomic mass is 9.97. The van der Waals surface area contributed by atoms with Crippen molar-refractivity contribution < 1.29 is 4.79 Å². The fourth-order valence-corrected chi connectivity index (χ4v) is 3.78. The Kier molecular flexibility index (Phi) is 5.30. The third kappa shape index (κ3) is 4.33. The molecular formula is C16H23N5OS. The van der Waals surface area contributed by atoms with Crippen molar-refractivity contribution in [2.75, 3.05) is 25.0 Å². The maximum Gasteiger partial charge on any atom is 0.319 e. The van der Waals surface area contributed by atoms with Crippen LogP contribution in [0.15, 0.2) is 29.9 Å². The summed E-state index contributed by atoms with van der Waals surface area (Å²) in [6.45, 7) is 5.11. The first-order valence-electron chi connectivity index (χ1n) is 8.03. The van der Waals surface area contributed by atoms with Crippen LogP contribution in [0, 0.1) is 5.92 Å². The minimum absolute atomic E-state index is 0.196. The molecule has 3 N–H and O–H groups in total. The Balaban J connectivity index is 1.59. The molecule has 0 unspecified atom stereocenters. The van der Waals surface area contributed by atoms with E-state index in [-0.39, 0.29) is 12.1 Å². The van der Waals surface area contributed by atoms with Gasteiger partial charge in [-0.1, -0.05) is 13.0 Å². The highest BCUT2D eigenvalue weighted by Gasteiger charge is 2.25. The number of piperidine rings is 1. The number of nitrogens with zero attached hydrogens (tertiary/aromatic N) is 2. The SMILES string of the molecule is CC1CCN([C@H](CNC(=O)Nc2cn[nH]c2)c2cccs2)CC1. The van der Waals surface area contributed by atoms with Gasteiger partial charge in [0.25, 0.3) is 0 Å². The van der Waals surface area contributed by atoms with Crippen molar-refractivity contribution in [3.63, 3.8) is 0 Å². The van der Waals surface area contributed by atoms with Crippen LogP contribution in [-0.4, -0.2) is 40.8 Å². The van der Waals surface area contributed by atoms with Crippen molar-refractivity contribution in [2.45, 2.75) is 25.8 Å². The van der Waals surface area contributed by atoms with Crippen molar-refractivity contribution in [2.24, 2.45) is 5.92 Å². The third-order valence-electron chi connectivity index (χ3n) is 4.34. The molecule has 1 saturated heterocycles. The van der Waals surface area contributed by atoms with Crippen LogP contribution >= 0.6 is 11.3 Å². The molecule has 0 radical (unpaired) electrons. The van der Waals surface area contributed by atoms with Gasteiger partial charge in [0.1, 0.15) is 0 Å². The van der Waals surface area contributed by atoms with Crippen LogP contribution in [-0.2, 0) is 0 Å². The molecule has 1 aliphatic rings. The third-order valence-corrected chi connectivity index (χ3v) is 5.32. The van der Waals surface area contributed by atoms with Gasteiger partial charge >= 0.3 is 6.03 Å². The lowest BCUT2D eigenvalue weighted by Crippen LogP contribution is -2.42. The second-order valence-corrected chi connectivity index (χ2v) is 7.05. The van der Waals surface area contributed by atoms with Gasteiger partial charge < -0.3 is 10.6 Å². The lowest BCUT2D eigenvalue weighted by Gasteiger charge is -2.36. The van der Waals surface area contributed by atoms with Crippen LogP contribution in [0.3, 0.4) is 0 Å². The molecule has 0 spiro atoms. The molecule has 2 aromatic rings. The molecule has 7 heteroatoms. The summed E-state index contributed by atoms with van der Waals surface area (Å²) in [4.78, 5) is 15.8. The van der Waals surface area contributed by atoms with E-state index in [0.717, 1.165) is 19.0 Å². The van der Waals surface area contributed by atoms with E-state index in [9.17, 15) is 4.79 Å². The van der Waals surface area contributed by atoms with Gasteiger partial charge in [0.05, 0.1) is 17.9 Å². The minimum atomic E-state index is -0.196. The Morgan fingerprint density at radius 2 is 2.35 bits per heavy atom. The second-order valence-electron chi connectivity index (χ2n) is 6.07. The van der Waals surface area contributed by atoms with Gasteiger partial charge in [-0.05, 0) is 43.3 Å². The molecule has 0 saturated carbocycles. The number of rotatable bonds is 5. The van der Waals surface area contributed by atoms with E-state index in [1.54, 1.807) is 23.7 Å². The zero-order valence-corrected chi connectivity index (χ0v) is 14.1. The molecule has 3 heterocycles. The quantitative estimate of drug-likeness (QED) is 0.787. The molecule has 0 bridgehead atoms. The second kappa shape index (κ2) is 7.61. The molecular weight excluding hydrogens is 310 g/mol. The summed E-state index contributed by atoms with van der Waals surface area (Å²) in [5.41, 5.74) is 0.668. The van der Waals surface area contributed by atoms with Crippen LogP contribution in [0.4, 0.5) is 10.5 Å². The van der Waals surface area contributed by atoms with E-state index in [2.05, 4.69) is 50.2 Å². The Labute approximate surface area is 140 Å². The van der Waals surface area contributed by atoms with Crippen molar-refractivity contribution >= 4 is 23.1 Å². The van der Waals surface area contributed by atoms with Crippen LogP contribution < -0.4 is 10.6 Å². The molecule has 2 aromatic heterocycles. The van der Waals surface area contributed by atoms with Gasteiger partial charge in [-0.25, -0.2) is 4.79 Å². The summed E-state index contributed by atoms with van der Waals surface area (Å²) in [6, 6.07) is 4.28. The van der Waals surface area contributed by atoms with Gasteiger partial charge in [-0.2, -0.15) is 5.10 Å². The summed E-state index contributed by atoms with van der Waals surface area (Å²) >= 11 is 1.75. The Hall–Kier alpha value is -1.86. The van der Waals surface area contributed by atoms with Gasteiger partial charge in [-0.3, -0.25) is 10.00 Å². The topological polar surface area (TPSA) is 73.1 Å². The van der Waals surface area contributed by atoms with E-state index >= 15 is 0 Å². The number of amides is 2. The summed E-state index contributed by atoms with van der Waals surface area (Å²) in [5, 5.41) is 14.4. The van der Waals surface area contributed by atoms with Crippen LogP contribution in [0.25, 0.3) is 0 Å². The Bertz CT molecular complexity index is 590. The van der Waals surface area contributed by atoms with Crippen molar-refractivity contribution in [1.29, 1.82) is 0 Å². The number of carbonyl (C=O) groups is 1. The van der Waals surface area contributed by atoms with Crippen molar-refractivity contribution in [3.05, 3.63) is 34.8 Å². The maximum absolute atomic E-state index is 12.0. The average molecular weight is 333 g/mol. The highest BCUT2D eigenvalue weighted by Crippen LogP contribution is 2.29. The number of likely N-dealkylation sites (tertiary alicyclic amines) is 1. The molecule has 1 aliphatic heterocycles. The lowest BCUT2D eigenvalue weighted by molar-refractivity contribution is 0.138. The largest absolute Gasteiger partial charge is 0.336 e. The predicted molar refractivity (Wildman–Crippen MR) is 92.6 cm³/mol. The molecule has 1 atom stereocenters. The van der Waals surface area contributed by atoms with Crippen LogP contribution in [0.5, 0.6) is 0 Å². The number of aromatic amines is 1. The van der Waals surface area contributed by atoms with E-state index in [1.165, 1.54) is 17.7 Å². The number of thiophene rings is 1. The summed E-state index contributed by atoms with van der Waals surface area (Å²) in [6.07, 6.45) is 5.69. The summed E-state index contributed by atoms with van der Waals surface area (Å²) in [5.74, 6) is 0.799. The molecule has 1 fully saturated rings. The number of hydrogen-bond donors (Lipinski definition) is 3. The first-order chi connectivity index (χ1) is 11.2. The zero-order valence-electron chi connectivity index (χ0n) is 13.3. The normalized spacial score (nSPS) is 17.8. The maximum atomic E-state index is 12.0. The highest BCUT2D eigenvalue weighted by atomic mass is 32.1. The number of aromatic nitrogens is 2. The Morgan fingerprint density at radius 1 is 1.52 bits per heavy atom. The van der Waals surface area contributed by atoms with Crippen molar-refractivity contribution in [1.82, 2.24) is 20.4 Å². The molecule has 124 valence electrons. The fraction of sp³-hybridized carbons (Fsp3) is 0.500. The Morgan fingerprint density at radius 3 is 3.00 bits per heavy atom. The molecule has 6 nitrogen and oxygen atoms in total. The summed E-state index contributed by atoms with van der Waals surface area (Å²) < 4.78 is 0. The number of urea groups is 1. The number of H-pyrrole nitrogens is 1. The van der Waals surface area contributed by atoms with E-state index in [1.807, 2.05) is 0 Å².